The van der Waals surface area contributed by atoms with Gasteiger partial charge >= 0.3 is 5.97 Å². The minimum Gasteiger partial charge on any atom is -0.468 e. The zero-order valence-electron chi connectivity index (χ0n) is 13.4. The number of ether oxygens (including phenoxy) is 1. The summed E-state index contributed by atoms with van der Waals surface area (Å²) < 4.78 is 4.70. The minimum atomic E-state index is -0.408. The predicted octanol–water partition coefficient (Wildman–Crippen LogP) is 2.95. The molecule has 126 valence electrons. The smallest absolute Gasteiger partial charge is 0.319 e. The van der Waals surface area contributed by atoms with E-state index in [4.69, 9.17) is 16.3 Å². The Morgan fingerprint density at radius 2 is 1.71 bits per heavy atom. The lowest BCUT2D eigenvalue weighted by atomic mass is 10.2. The number of carbonyl (C=O) groups is 2. The average Bonchev–Trinajstić information content (AvgIpc) is 2.57. The van der Waals surface area contributed by atoms with Crippen LogP contribution in [0.1, 0.15) is 5.56 Å². The Morgan fingerprint density at radius 3 is 2.38 bits per heavy atom. The second kappa shape index (κ2) is 9.05. The van der Waals surface area contributed by atoms with Crippen molar-refractivity contribution in [3.8, 4) is 0 Å². The fraction of sp³-hybridized carbons (Fsp3) is 0.222. The second-order valence-electron chi connectivity index (χ2n) is 5.23. The van der Waals surface area contributed by atoms with Crippen molar-refractivity contribution in [2.45, 2.75) is 6.54 Å². The van der Waals surface area contributed by atoms with Gasteiger partial charge in [-0.1, -0.05) is 48.0 Å². The van der Waals surface area contributed by atoms with Crippen LogP contribution >= 0.6 is 11.6 Å². The average molecular weight is 347 g/mol. The third-order valence-electron chi connectivity index (χ3n) is 3.36. The van der Waals surface area contributed by atoms with Crippen molar-refractivity contribution in [1.29, 1.82) is 0 Å². The molecule has 0 bridgehead atoms. The lowest BCUT2D eigenvalue weighted by Crippen LogP contribution is -2.37. The Balaban J connectivity index is 2.04. The van der Waals surface area contributed by atoms with Gasteiger partial charge in [0.25, 0.3) is 0 Å². The number of benzene rings is 2. The van der Waals surface area contributed by atoms with E-state index in [1.54, 1.807) is 23.1 Å². The van der Waals surface area contributed by atoms with E-state index in [-0.39, 0.29) is 19.0 Å². The molecule has 2 rings (SSSR count). The molecule has 0 aliphatic carbocycles. The van der Waals surface area contributed by atoms with E-state index >= 15 is 0 Å². The van der Waals surface area contributed by atoms with Crippen LogP contribution in [0.2, 0.25) is 5.02 Å². The van der Waals surface area contributed by atoms with Crippen LogP contribution in [0.25, 0.3) is 0 Å². The monoisotopic (exact) mass is 346 g/mol. The molecule has 0 unspecified atom stereocenters. The van der Waals surface area contributed by atoms with Crippen molar-refractivity contribution in [1.82, 2.24) is 4.90 Å². The van der Waals surface area contributed by atoms with E-state index in [9.17, 15) is 9.59 Å². The van der Waals surface area contributed by atoms with Crippen molar-refractivity contribution in [2.75, 3.05) is 25.5 Å². The Bertz CT molecular complexity index is 692. The van der Waals surface area contributed by atoms with E-state index in [0.29, 0.717) is 17.3 Å². The van der Waals surface area contributed by atoms with Gasteiger partial charge in [-0.3, -0.25) is 14.5 Å². The normalized spacial score (nSPS) is 10.5. The molecule has 0 spiro atoms. The Labute approximate surface area is 146 Å². The molecule has 0 atom stereocenters. The molecular weight excluding hydrogens is 328 g/mol. The lowest BCUT2D eigenvalue weighted by molar-refractivity contribution is -0.142. The molecule has 0 radical (unpaired) electrons. The molecule has 0 aliphatic rings. The van der Waals surface area contributed by atoms with E-state index in [2.05, 4.69) is 5.32 Å². The van der Waals surface area contributed by atoms with Gasteiger partial charge in [0.05, 0.1) is 20.2 Å². The number of halogens is 1. The summed E-state index contributed by atoms with van der Waals surface area (Å²) >= 11 is 6.16. The van der Waals surface area contributed by atoms with Crippen molar-refractivity contribution >= 4 is 29.2 Å². The summed E-state index contributed by atoms with van der Waals surface area (Å²) in [7, 11) is 1.32. The van der Waals surface area contributed by atoms with Crippen molar-refractivity contribution in [3.05, 3.63) is 65.2 Å². The molecule has 0 heterocycles. The van der Waals surface area contributed by atoms with Gasteiger partial charge in [0.1, 0.15) is 0 Å². The van der Waals surface area contributed by atoms with Crippen LogP contribution in [-0.2, 0) is 20.9 Å². The number of methoxy groups -OCH3 is 1. The molecule has 5 nitrogen and oxygen atoms in total. The summed E-state index contributed by atoms with van der Waals surface area (Å²) in [5, 5.41) is 3.39. The van der Waals surface area contributed by atoms with E-state index in [0.717, 1.165) is 5.56 Å². The minimum absolute atomic E-state index is 0.00390. The first kappa shape index (κ1) is 18.0. The Hall–Kier alpha value is -2.37. The number of amides is 1. The zero-order chi connectivity index (χ0) is 17.4. The number of anilines is 1. The number of hydrogen-bond donors (Lipinski definition) is 1. The largest absolute Gasteiger partial charge is 0.468 e. The number of esters is 1. The van der Waals surface area contributed by atoms with Gasteiger partial charge in [0, 0.05) is 17.3 Å². The second-order valence-corrected chi connectivity index (χ2v) is 5.63. The maximum atomic E-state index is 12.2. The maximum absolute atomic E-state index is 12.2. The fourth-order valence-corrected chi connectivity index (χ4v) is 2.40. The van der Waals surface area contributed by atoms with Crippen molar-refractivity contribution in [2.24, 2.45) is 0 Å². The molecule has 6 heteroatoms. The van der Waals surface area contributed by atoms with Crippen LogP contribution in [0, 0.1) is 0 Å². The molecule has 0 saturated carbocycles. The van der Waals surface area contributed by atoms with E-state index < -0.39 is 5.97 Å². The molecule has 0 saturated heterocycles. The highest BCUT2D eigenvalue weighted by molar-refractivity contribution is 6.31. The number of nitrogens with zero attached hydrogens (tertiary/aromatic N) is 1. The molecule has 2 aromatic carbocycles. The van der Waals surface area contributed by atoms with Gasteiger partial charge in [-0.25, -0.2) is 0 Å². The quantitative estimate of drug-likeness (QED) is 0.783. The molecule has 1 N–H and O–H groups in total. The lowest BCUT2D eigenvalue weighted by Gasteiger charge is -2.21. The first-order valence-electron chi connectivity index (χ1n) is 7.46. The Kier molecular flexibility index (Phi) is 6.78. The van der Waals surface area contributed by atoms with Gasteiger partial charge < -0.3 is 10.1 Å². The molecule has 24 heavy (non-hydrogen) atoms. The van der Waals surface area contributed by atoms with Crippen molar-refractivity contribution < 1.29 is 14.3 Å². The summed E-state index contributed by atoms with van der Waals surface area (Å²) in [4.78, 5) is 25.5. The topological polar surface area (TPSA) is 58.6 Å². The summed E-state index contributed by atoms with van der Waals surface area (Å²) in [6.45, 7) is 0.427. The number of hydrogen-bond acceptors (Lipinski definition) is 4. The predicted molar refractivity (Wildman–Crippen MR) is 93.8 cm³/mol. The van der Waals surface area contributed by atoms with Crippen LogP contribution in [0.3, 0.4) is 0 Å². The molecule has 2 aromatic rings. The molecule has 0 aliphatic heterocycles. The molecule has 1 amide bonds. The Morgan fingerprint density at radius 1 is 1.04 bits per heavy atom. The summed E-state index contributed by atoms with van der Waals surface area (Å²) in [6.07, 6.45) is 0. The first-order chi connectivity index (χ1) is 11.6. The fourth-order valence-electron chi connectivity index (χ4n) is 2.21. The zero-order valence-corrected chi connectivity index (χ0v) is 14.1. The van der Waals surface area contributed by atoms with Gasteiger partial charge in [0.2, 0.25) is 5.91 Å². The first-order valence-corrected chi connectivity index (χ1v) is 7.83. The van der Waals surface area contributed by atoms with Gasteiger partial charge in [-0.2, -0.15) is 0 Å². The maximum Gasteiger partial charge on any atom is 0.319 e. The number of para-hydroxylation sites is 1. The number of carbonyl (C=O) groups excluding carboxylic acids is 2. The van der Waals surface area contributed by atoms with E-state index in [1.807, 2.05) is 36.4 Å². The highest BCUT2D eigenvalue weighted by atomic mass is 35.5. The van der Waals surface area contributed by atoms with Crippen molar-refractivity contribution in [3.63, 3.8) is 0 Å². The highest BCUT2D eigenvalue weighted by Crippen LogP contribution is 2.17. The summed E-state index contributed by atoms with van der Waals surface area (Å²) in [5.74, 6) is -0.619. The summed E-state index contributed by atoms with van der Waals surface area (Å²) in [6, 6.07) is 16.5. The highest BCUT2D eigenvalue weighted by Gasteiger charge is 2.16. The standard InChI is InChI=1S/C18H19ClN2O3/c1-24-18(23)13-21(11-14-7-5-6-10-16(14)19)12-17(22)20-15-8-3-2-4-9-15/h2-10H,11-13H2,1H3,(H,20,22). The van der Waals surface area contributed by atoms with Gasteiger partial charge in [0.15, 0.2) is 0 Å². The number of rotatable bonds is 7. The van der Waals surface area contributed by atoms with Crippen LogP contribution in [0.4, 0.5) is 5.69 Å². The van der Waals surface area contributed by atoms with Gasteiger partial charge in [-0.15, -0.1) is 0 Å². The third kappa shape index (κ3) is 5.68. The van der Waals surface area contributed by atoms with Crippen LogP contribution in [-0.4, -0.2) is 37.0 Å². The third-order valence-corrected chi connectivity index (χ3v) is 3.73. The van der Waals surface area contributed by atoms with Gasteiger partial charge in [-0.05, 0) is 23.8 Å². The van der Waals surface area contributed by atoms with Crippen LogP contribution < -0.4 is 5.32 Å². The number of nitrogens with one attached hydrogen (secondary N) is 1. The van der Waals surface area contributed by atoms with Crippen LogP contribution in [0.15, 0.2) is 54.6 Å². The summed E-state index contributed by atoms with van der Waals surface area (Å²) in [5.41, 5.74) is 1.55. The van der Waals surface area contributed by atoms with Crippen LogP contribution in [0.5, 0.6) is 0 Å². The molecular formula is C18H19ClN2O3. The van der Waals surface area contributed by atoms with E-state index in [1.165, 1.54) is 7.11 Å². The SMILES string of the molecule is COC(=O)CN(CC(=O)Nc1ccccc1)Cc1ccccc1Cl. The molecule has 0 fully saturated rings. The molecule has 0 aromatic heterocycles.